The quantitative estimate of drug-likeness (QED) is 0.272. The van der Waals surface area contributed by atoms with Gasteiger partial charge in [-0.15, -0.1) is 17.0 Å². The van der Waals surface area contributed by atoms with E-state index in [1.807, 2.05) is 5.38 Å². The van der Waals surface area contributed by atoms with Crippen molar-refractivity contribution < 1.29 is 30.2 Å². The van der Waals surface area contributed by atoms with Gasteiger partial charge in [0.2, 0.25) is 5.69 Å². The number of halogens is 1. The van der Waals surface area contributed by atoms with Crippen LogP contribution in [0.5, 0.6) is 0 Å². The summed E-state index contributed by atoms with van der Waals surface area (Å²) in [5, 5.41) is 40.1. The second-order valence-corrected chi connectivity index (χ2v) is 8.10. The van der Waals surface area contributed by atoms with Crippen molar-refractivity contribution in [3.63, 3.8) is 0 Å². The standard InChI is InChI=1S/C18H14N3O5S2.ClH/c22-17-16(8-11-4-6-13(7-5-11)20(23)24)28-18-19(17)15(10-27-18)12-2-1-3-14(9-12)21(25)26;/h1-10,20-21,23,25H;1H/q+1;/b16-8-;. The number of carbonyl (C=O) groups excluding carboxylic acids is 1. The molecule has 150 valence electrons. The van der Waals surface area contributed by atoms with Crippen molar-refractivity contribution in [3.05, 3.63) is 74.8 Å². The van der Waals surface area contributed by atoms with E-state index in [1.54, 1.807) is 41.0 Å². The Morgan fingerprint density at radius 3 is 2.34 bits per heavy atom. The SMILES string of the molecule is Cl.O=C1/C(=C/c2ccc([NH+]([O-])O)cc2)Sc2scc(-c3cccc([NH+]([O-])O)c3)[n+]21. The number of thiazole rings is 1. The largest absolute Gasteiger partial charge is 0.595 e. The van der Waals surface area contributed by atoms with Crippen molar-refractivity contribution in [1.29, 1.82) is 0 Å². The zero-order valence-electron chi connectivity index (χ0n) is 14.6. The Balaban J connectivity index is 0.00000240. The van der Waals surface area contributed by atoms with E-state index in [9.17, 15) is 20.4 Å². The monoisotopic (exact) mass is 452 g/mol. The highest BCUT2D eigenvalue weighted by molar-refractivity contribution is 8.05. The Morgan fingerprint density at radius 2 is 1.69 bits per heavy atom. The summed E-state index contributed by atoms with van der Waals surface area (Å²) in [6, 6.07) is 12.8. The van der Waals surface area contributed by atoms with Crippen LogP contribution >= 0.6 is 35.5 Å². The van der Waals surface area contributed by atoms with Crippen molar-refractivity contribution in [2.75, 3.05) is 0 Å². The lowest BCUT2D eigenvalue weighted by molar-refractivity contribution is -0.991. The summed E-state index contributed by atoms with van der Waals surface area (Å²) in [6.45, 7) is 0. The molecule has 8 nitrogen and oxygen atoms in total. The Morgan fingerprint density at radius 1 is 1.00 bits per heavy atom. The normalized spacial score (nSPS) is 16.4. The van der Waals surface area contributed by atoms with E-state index in [4.69, 9.17) is 5.21 Å². The van der Waals surface area contributed by atoms with Gasteiger partial charge in [0.05, 0.1) is 10.9 Å². The zero-order valence-corrected chi connectivity index (χ0v) is 17.0. The molecule has 0 spiro atoms. The van der Waals surface area contributed by atoms with Crippen LogP contribution in [0.25, 0.3) is 17.3 Å². The van der Waals surface area contributed by atoms with Gasteiger partial charge in [-0.05, 0) is 29.8 Å². The second-order valence-electron chi connectivity index (χ2n) is 5.95. The lowest BCUT2D eigenvalue weighted by atomic mass is 10.1. The minimum atomic E-state index is -1.02. The van der Waals surface area contributed by atoms with Crippen molar-refractivity contribution >= 4 is 58.9 Å². The van der Waals surface area contributed by atoms with Gasteiger partial charge in [0, 0.05) is 36.0 Å². The first kappa shape index (κ1) is 21.6. The van der Waals surface area contributed by atoms with Crippen LogP contribution in [-0.2, 0) is 0 Å². The third kappa shape index (κ3) is 4.26. The molecule has 0 saturated heterocycles. The van der Waals surface area contributed by atoms with Gasteiger partial charge >= 0.3 is 10.2 Å². The number of quaternary nitrogens is 2. The Kier molecular flexibility index (Phi) is 6.49. The Hall–Kier alpha value is -2.12. The van der Waals surface area contributed by atoms with Crippen LogP contribution in [0.2, 0.25) is 0 Å². The molecular weight excluding hydrogens is 438 g/mol. The number of allylic oxidation sites excluding steroid dienone is 1. The number of benzene rings is 2. The third-order valence-electron chi connectivity index (χ3n) is 4.17. The summed E-state index contributed by atoms with van der Waals surface area (Å²) in [6.07, 6.45) is 1.72. The first-order valence-electron chi connectivity index (χ1n) is 8.09. The second kappa shape index (κ2) is 8.71. The van der Waals surface area contributed by atoms with Crippen molar-refractivity contribution in [2.24, 2.45) is 0 Å². The molecule has 29 heavy (non-hydrogen) atoms. The van der Waals surface area contributed by atoms with Gasteiger partial charge in [0.25, 0.3) is 0 Å². The lowest BCUT2D eigenvalue weighted by Gasteiger charge is -2.11. The van der Waals surface area contributed by atoms with Gasteiger partial charge < -0.3 is 10.4 Å². The smallest absolute Gasteiger partial charge is 0.433 e. The number of nitrogens with zero attached hydrogens (tertiary/aromatic N) is 1. The van der Waals surface area contributed by atoms with Crippen LogP contribution in [-0.4, -0.2) is 16.3 Å². The number of carbonyl (C=O) groups is 1. The molecule has 1 aliphatic heterocycles. The first-order valence-corrected chi connectivity index (χ1v) is 9.78. The maximum atomic E-state index is 12.9. The number of nitrogens with one attached hydrogen (secondary N) is 2. The minimum Gasteiger partial charge on any atom is -0.595 e. The average molecular weight is 453 g/mol. The summed E-state index contributed by atoms with van der Waals surface area (Å²) in [7, 11) is 0. The first-order chi connectivity index (χ1) is 13.4. The molecule has 2 heterocycles. The molecule has 1 aromatic heterocycles. The van der Waals surface area contributed by atoms with E-state index < -0.39 is 10.5 Å². The summed E-state index contributed by atoms with van der Waals surface area (Å²) in [5.41, 5.74) is 2.37. The summed E-state index contributed by atoms with van der Waals surface area (Å²) < 4.78 is 2.36. The number of fused-ring (bicyclic) bond motifs is 1. The van der Waals surface area contributed by atoms with E-state index in [-0.39, 0.29) is 29.7 Å². The van der Waals surface area contributed by atoms with E-state index in [1.165, 1.54) is 41.3 Å². The number of hydrogen-bond acceptors (Lipinski definition) is 7. The van der Waals surface area contributed by atoms with E-state index in [2.05, 4.69) is 0 Å². The van der Waals surface area contributed by atoms with Crippen LogP contribution in [0.3, 0.4) is 0 Å². The van der Waals surface area contributed by atoms with Gasteiger partial charge in [0.1, 0.15) is 4.91 Å². The highest BCUT2D eigenvalue weighted by atomic mass is 35.5. The number of hydrogen-bond donors (Lipinski definition) is 4. The molecule has 0 aliphatic carbocycles. The van der Waals surface area contributed by atoms with Crippen molar-refractivity contribution in [2.45, 2.75) is 4.34 Å². The summed E-state index contributed by atoms with van der Waals surface area (Å²) in [4.78, 5) is 13.4. The minimum absolute atomic E-state index is 0. The van der Waals surface area contributed by atoms with E-state index in [0.717, 1.165) is 9.90 Å². The Bertz CT molecular complexity index is 1080. The fourth-order valence-corrected chi connectivity index (χ4v) is 4.97. The molecule has 4 N–H and O–H groups in total. The summed E-state index contributed by atoms with van der Waals surface area (Å²) >= 11 is 2.75. The van der Waals surface area contributed by atoms with Crippen LogP contribution in [0, 0.1) is 10.4 Å². The third-order valence-corrected chi connectivity index (χ3v) is 6.30. The number of rotatable bonds is 4. The van der Waals surface area contributed by atoms with Crippen molar-refractivity contribution in [3.8, 4) is 11.3 Å². The zero-order chi connectivity index (χ0) is 19.8. The highest BCUT2D eigenvalue weighted by Crippen LogP contribution is 2.38. The molecule has 2 aromatic carbocycles. The molecule has 0 fully saturated rings. The van der Waals surface area contributed by atoms with Gasteiger partial charge in [-0.3, -0.25) is 0 Å². The van der Waals surface area contributed by atoms with E-state index >= 15 is 0 Å². The molecule has 4 rings (SSSR count). The predicted octanol–water partition coefficient (Wildman–Crippen LogP) is 1.72. The lowest BCUT2D eigenvalue weighted by Crippen LogP contribution is -2.99. The predicted molar refractivity (Wildman–Crippen MR) is 110 cm³/mol. The molecule has 2 atom stereocenters. The number of thioether (sulfide) groups is 1. The molecule has 0 bridgehead atoms. The molecule has 1 aliphatic rings. The van der Waals surface area contributed by atoms with Gasteiger partial charge in [-0.2, -0.15) is 10.5 Å². The van der Waals surface area contributed by atoms with Gasteiger partial charge in [-0.1, -0.05) is 17.4 Å². The molecule has 2 unspecified atom stereocenters. The molecule has 0 amide bonds. The number of aromatic nitrogens is 1. The van der Waals surface area contributed by atoms with Gasteiger partial charge in [0.15, 0.2) is 11.4 Å². The highest BCUT2D eigenvalue weighted by Gasteiger charge is 2.40. The van der Waals surface area contributed by atoms with Crippen LogP contribution in [0.4, 0.5) is 11.4 Å². The molecule has 11 heteroatoms. The molecule has 0 saturated carbocycles. The van der Waals surface area contributed by atoms with Crippen molar-refractivity contribution in [1.82, 2.24) is 0 Å². The summed E-state index contributed by atoms with van der Waals surface area (Å²) in [5.74, 6) is -0.195. The fraction of sp³-hybridized carbons (Fsp3) is 0. The van der Waals surface area contributed by atoms with Gasteiger partial charge in [-0.25, -0.2) is 15.2 Å². The maximum absolute atomic E-state index is 12.9. The van der Waals surface area contributed by atoms with Crippen LogP contribution in [0.15, 0.2) is 63.2 Å². The molecule has 0 radical (unpaired) electrons. The topological polar surface area (TPSA) is 116 Å². The Labute approximate surface area is 179 Å². The molecular formula is C18H15ClN3O5S2+. The van der Waals surface area contributed by atoms with Crippen LogP contribution < -0.4 is 15.0 Å². The fourth-order valence-electron chi connectivity index (χ4n) is 2.79. The van der Waals surface area contributed by atoms with Crippen LogP contribution in [0.1, 0.15) is 10.4 Å². The van der Waals surface area contributed by atoms with E-state index in [0.29, 0.717) is 16.2 Å². The average Bonchev–Trinajstić information content (AvgIpc) is 3.23. The maximum Gasteiger partial charge on any atom is 0.433 e. The molecule has 3 aromatic rings.